The first-order chi connectivity index (χ1) is 12.8. The van der Waals surface area contributed by atoms with Crippen molar-refractivity contribution in [1.29, 1.82) is 0 Å². The normalized spacial score (nSPS) is 12.8. The van der Waals surface area contributed by atoms with Crippen molar-refractivity contribution in [2.24, 2.45) is 0 Å². The number of aromatic nitrogens is 1. The number of hydrogen-bond acceptors (Lipinski definition) is 3. The van der Waals surface area contributed by atoms with Crippen LogP contribution >= 0.6 is 0 Å². The molecule has 2 aromatic carbocycles. The molecule has 140 valence electrons. The first kappa shape index (κ1) is 19.1. The number of aliphatic hydroxyl groups excluding tert-OH is 1. The van der Waals surface area contributed by atoms with E-state index in [1.807, 2.05) is 61.5 Å². The zero-order valence-electron chi connectivity index (χ0n) is 16.3. The first-order valence-electron chi connectivity index (χ1n) is 9.20. The Morgan fingerprint density at radius 3 is 2.41 bits per heavy atom. The fourth-order valence-corrected chi connectivity index (χ4v) is 2.96. The number of nitrogens with one attached hydrogen (secondary N) is 1. The molecule has 1 heterocycles. The van der Waals surface area contributed by atoms with Crippen molar-refractivity contribution in [3.8, 4) is 0 Å². The number of amides is 1. The van der Waals surface area contributed by atoms with Gasteiger partial charge in [0.05, 0.1) is 18.2 Å². The predicted octanol–water partition coefficient (Wildman–Crippen LogP) is 4.52. The van der Waals surface area contributed by atoms with Gasteiger partial charge in [0.2, 0.25) is 0 Å². The lowest BCUT2D eigenvalue weighted by Gasteiger charge is -2.18. The summed E-state index contributed by atoms with van der Waals surface area (Å²) >= 11 is 0. The summed E-state index contributed by atoms with van der Waals surface area (Å²) < 4.78 is 0. The van der Waals surface area contributed by atoms with Crippen LogP contribution < -0.4 is 5.32 Å². The Bertz CT molecular complexity index is 956. The van der Waals surface area contributed by atoms with Crippen LogP contribution in [0.2, 0.25) is 0 Å². The lowest BCUT2D eigenvalue weighted by Crippen LogP contribution is -2.26. The van der Waals surface area contributed by atoms with E-state index in [1.165, 1.54) is 0 Å². The van der Waals surface area contributed by atoms with Crippen molar-refractivity contribution in [3.05, 3.63) is 77.0 Å². The summed E-state index contributed by atoms with van der Waals surface area (Å²) in [6.07, 6.45) is 0. The number of aliphatic hydroxyl groups is 1. The summed E-state index contributed by atoms with van der Waals surface area (Å²) in [7, 11) is 0. The highest BCUT2D eigenvalue weighted by molar-refractivity contribution is 5.98. The van der Waals surface area contributed by atoms with Crippen molar-refractivity contribution in [2.45, 2.75) is 45.8 Å². The van der Waals surface area contributed by atoms with Gasteiger partial charge in [-0.05, 0) is 42.3 Å². The quantitative estimate of drug-likeness (QED) is 0.717. The molecule has 0 fully saturated rings. The van der Waals surface area contributed by atoms with Crippen LogP contribution in [-0.4, -0.2) is 16.0 Å². The van der Waals surface area contributed by atoms with Gasteiger partial charge in [-0.2, -0.15) is 0 Å². The minimum absolute atomic E-state index is 0.00869. The lowest BCUT2D eigenvalue weighted by atomic mass is 9.91. The standard InChI is InChI=1S/C23H26N2O2/c1-15(17-7-5-16(14-26)6-8-17)24-22(27)19-9-11-20-18(13-19)10-12-21(25-20)23(2,3)4/h5-13,15,26H,14H2,1-4H3,(H,24,27)/t15-/m1/s1. The van der Waals surface area contributed by atoms with E-state index in [1.54, 1.807) is 0 Å². The maximum atomic E-state index is 12.6. The van der Waals surface area contributed by atoms with E-state index < -0.39 is 0 Å². The number of hydrogen-bond donors (Lipinski definition) is 2. The van der Waals surface area contributed by atoms with Gasteiger partial charge in [-0.3, -0.25) is 9.78 Å². The van der Waals surface area contributed by atoms with Gasteiger partial charge in [-0.25, -0.2) is 0 Å². The molecule has 0 bridgehead atoms. The number of pyridine rings is 1. The van der Waals surface area contributed by atoms with Gasteiger partial charge in [0.25, 0.3) is 5.91 Å². The number of fused-ring (bicyclic) bond motifs is 1. The Labute approximate surface area is 160 Å². The first-order valence-corrected chi connectivity index (χ1v) is 9.20. The highest BCUT2D eigenvalue weighted by atomic mass is 16.3. The van der Waals surface area contributed by atoms with E-state index in [0.29, 0.717) is 5.56 Å². The maximum Gasteiger partial charge on any atom is 0.251 e. The Morgan fingerprint density at radius 1 is 1.07 bits per heavy atom. The predicted molar refractivity (Wildman–Crippen MR) is 109 cm³/mol. The number of rotatable bonds is 4. The third kappa shape index (κ3) is 4.34. The second-order valence-electron chi connectivity index (χ2n) is 7.95. The SMILES string of the molecule is C[C@@H](NC(=O)c1ccc2nc(C(C)(C)C)ccc2c1)c1ccc(CO)cc1. The molecule has 2 N–H and O–H groups in total. The zero-order chi connectivity index (χ0) is 19.6. The molecule has 1 atom stereocenters. The molecule has 4 nitrogen and oxygen atoms in total. The molecule has 0 saturated carbocycles. The van der Waals surface area contributed by atoms with Crippen LogP contribution in [0.5, 0.6) is 0 Å². The molecule has 0 aliphatic heterocycles. The molecule has 0 radical (unpaired) electrons. The minimum Gasteiger partial charge on any atom is -0.392 e. The molecule has 0 aliphatic carbocycles. The third-order valence-electron chi connectivity index (χ3n) is 4.73. The topological polar surface area (TPSA) is 62.2 Å². The minimum atomic E-state index is -0.123. The molecule has 0 spiro atoms. The molecule has 0 aliphatic rings. The summed E-state index contributed by atoms with van der Waals surface area (Å²) in [5.74, 6) is -0.115. The summed E-state index contributed by atoms with van der Waals surface area (Å²) in [6, 6.07) is 17.1. The van der Waals surface area contributed by atoms with Crippen molar-refractivity contribution < 1.29 is 9.90 Å². The van der Waals surface area contributed by atoms with Crippen molar-refractivity contribution in [3.63, 3.8) is 0 Å². The Hall–Kier alpha value is -2.72. The molecule has 3 aromatic rings. The smallest absolute Gasteiger partial charge is 0.251 e. The summed E-state index contributed by atoms with van der Waals surface area (Å²) in [5.41, 5.74) is 4.39. The second-order valence-corrected chi connectivity index (χ2v) is 7.95. The average Bonchev–Trinajstić information content (AvgIpc) is 2.66. The number of carbonyl (C=O) groups is 1. The monoisotopic (exact) mass is 362 g/mol. The molecule has 4 heteroatoms. The number of carbonyl (C=O) groups excluding carboxylic acids is 1. The Balaban J connectivity index is 1.78. The molecule has 0 unspecified atom stereocenters. The van der Waals surface area contributed by atoms with Crippen LogP contribution in [0.4, 0.5) is 0 Å². The Kier molecular flexibility index (Phi) is 5.29. The molecular formula is C23H26N2O2. The van der Waals surface area contributed by atoms with E-state index >= 15 is 0 Å². The third-order valence-corrected chi connectivity index (χ3v) is 4.73. The molecule has 27 heavy (non-hydrogen) atoms. The van der Waals surface area contributed by atoms with Gasteiger partial charge in [-0.1, -0.05) is 51.1 Å². The summed E-state index contributed by atoms with van der Waals surface area (Å²) in [6.45, 7) is 8.37. The molecule has 1 amide bonds. The van der Waals surface area contributed by atoms with Crippen LogP contribution in [0.25, 0.3) is 10.9 Å². The van der Waals surface area contributed by atoms with Crippen molar-refractivity contribution >= 4 is 16.8 Å². The van der Waals surface area contributed by atoms with E-state index in [-0.39, 0.29) is 24.0 Å². The molecular weight excluding hydrogens is 336 g/mol. The highest BCUT2D eigenvalue weighted by Crippen LogP contribution is 2.24. The fraction of sp³-hybridized carbons (Fsp3) is 0.304. The average molecular weight is 362 g/mol. The van der Waals surface area contributed by atoms with E-state index in [4.69, 9.17) is 10.1 Å². The van der Waals surface area contributed by atoms with E-state index in [9.17, 15) is 4.79 Å². The Morgan fingerprint density at radius 2 is 1.78 bits per heavy atom. The van der Waals surface area contributed by atoms with Gasteiger partial charge < -0.3 is 10.4 Å². The van der Waals surface area contributed by atoms with E-state index in [0.717, 1.165) is 27.7 Å². The van der Waals surface area contributed by atoms with Crippen LogP contribution in [0, 0.1) is 0 Å². The van der Waals surface area contributed by atoms with Crippen LogP contribution in [0.15, 0.2) is 54.6 Å². The lowest BCUT2D eigenvalue weighted by molar-refractivity contribution is 0.0940. The van der Waals surface area contributed by atoms with Gasteiger partial charge in [0, 0.05) is 22.1 Å². The van der Waals surface area contributed by atoms with E-state index in [2.05, 4.69) is 26.1 Å². The largest absolute Gasteiger partial charge is 0.392 e. The molecule has 1 aromatic heterocycles. The summed E-state index contributed by atoms with van der Waals surface area (Å²) in [4.78, 5) is 17.4. The van der Waals surface area contributed by atoms with Crippen molar-refractivity contribution in [2.75, 3.05) is 0 Å². The van der Waals surface area contributed by atoms with Crippen LogP contribution in [0.3, 0.4) is 0 Å². The summed E-state index contributed by atoms with van der Waals surface area (Å²) in [5, 5.41) is 13.1. The van der Waals surface area contributed by atoms with Gasteiger partial charge in [0.1, 0.15) is 0 Å². The molecule has 3 rings (SSSR count). The number of benzene rings is 2. The highest BCUT2D eigenvalue weighted by Gasteiger charge is 2.16. The van der Waals surface area contributed by atoms with Gasteiger partial charge in [-0.15, -0.1) is 0 Å². The van der Waals surface area contributed by atoms with Crippen molar-refractivity contribution in [1.82, 2.24) is 10.3 Å². The van der Waals surface area contributed by atoms with Crippen LogP contribution in [0.1, 0.15) is 60.9 Å². The zero-order valence-corrected chi connectivity index (χ0v) is 16.3. The molecule has 0 saturated heterocycles. The van der Waals surface area contributed by atoms with Gasteiger partial charge >= 0.3 is 0 Å². The van der Waals surface area contributed by atoms with Crippen LogP contribution in [-0.2, 0) is 12.0 Å². The van der Waals surface area contributed by atoms with Gasteiger partial charge in [0.15, 0.2) is 0 Å². The second kappa shape index (κ2) is 7.49. The maximum absolute atomic E-state index is 12.6. The number of nitrogens with zero attached hydrogens (tertiary/aromatic N) is 1. The fourth-order valence-electron chi connectivity index (χ4n) is 2.96.